The van der Waals surface area contributed by atoms with Crippen molar-refractivity contribution in [3.8, 4) is 6.01 Å². The summed E-state index contributed by atoms with van der Waals surface area (Å²) in [5, 5.41) is 3.99. The van der Waals surface area contributed by atoms with Gasteiger partial charge in [-0.3, -0.25) is 4.79 Å². The Morgan fingerprint density at radius 1 is 1.08 bits per heavy atom. The van der Waals surface area contributed by atoms with E-state index in [0.29, 0.717) is 15.1 Å². The summed E-state index contributed by atoms with van der Waals surface area (Å²) in [7, 11) is 2.68. The van der Waals surface area contributed by atoms with Crippen molar-refractivity contribution in [1.82, 2.24) is 24.6 Å². The topological polar surface area (TPSA) is 80.6 Å². The quantitative estimate of drug-likeness (QED) is 0.468. The number of likely N-dealkylation sites (tertiary alicyclic amines) is 1. The molecule has 196 valence electrons. The van der Waals surface area contributed by atoms with E-state index in [9.17, 15) is 31.5 Å². The van der Waals surface area contributed by atoms with E-state index in [4.69, 9.17) is 4.74 Å². The van der Waals surface area contributed by atoms with E-state index >= 15 is 0 Å². The van der Waals surface area contributed by atoms with Crippen LogP contribution in [0.5, 0.6) is 6.01 Å². The third kappa shape index (κ3) is 5.39. The van der Waals surface area contributed by atoms with Gasteiger partial charge in [-0.25, -0.2) is 13.6 Å². The third-order valence-corrected chi connectivity index (χ3v) is 5.86. The lowest BCUT2D eigenvalue weighted by molar-refractivity contribution is -0.174. The van der Waals surface area contributed by atoms with Crippen molar-refractivity contribution in [2.75, 3.05) is 20.6 Å². The Labute approximate surface area is 208 Å². The Kier molecular flexibility index (Phi) is 7.14. The molecule has 13 heteroatoms. The zero-order valence-electron chi connectivity index (χ0n) is 19.7. The van der Waals surface area contributed by atoms with Crippen LogP contribution in [0.1, 0.15) is 34.1 Å². The van der Waals surface area contributed by atoms with Gasteiger partial charge < -0.3 is 14.5 Å². The summed E-state index contributed by atoms with van der Waals surface area (Å²) >= 11 is 0. The summed E-state index contributed by atoms with van der Waals surface area (Å²) in [5.74, 6) is -4.14. The van der Waals surface area contributed by atoms with Crippen molar-refractivity contribution in [3.63, 3.8) is 0 Å². The molecule has 1 aliphatic heterocycles. The lowest BCUT2D eigenvalue weighted by Gasteiger charge is -2.31. The molecule has 2 unspecified atom stereocenters. The number of urea groups is 1. The normalized spacial score (nSPS) is 17.6. The fraction of sp³-hybridized carbons (Fsp3) is 0.333. The van der Waals surface area contributed by atoms with Gasteiger partial charge in [0.1, 0.15) is 24.3 Å². The van der Waals surface area contributed by atoms with Crippen LogP contribution in [0, 0.1) is 11.6 Å². The van der Waals surface area contributed by atoms with Crippen LogP contribution in [0.4, 0.5) is 26.7 Å². The number of hydrogen-bond acceptors (Lipinski definition) is 5. The molecular weight excluding hydrogens is 501 g/mol. The molecule has 0 spiro atoms. The van der Waals surface area contributed by atoms with Crippen LogP contribution in [0.2, 0.25) is 0 Å². The smallest absolute Gasteiger partial charge is 0.409 e. The Morgan fingerprint density at radius 3 is 2.38 bits per heavy atom. The highest BCUT2D eigenvalue weighted by Crippen LogP contribution is 2.42. The monoisotopic (exact) mass is 523 g/mol. The second-order valence-electron chi connectivity index (χ2n) is 8.62. The van der Waals surface area contributed by atoms with Gasteiger partial charge in [0.15, 0.2) is 5.82 Å². The van der Waals surface area contributed by atoms with Crippen LogP contribution in [0.25, 0.3) is 0 Å². The van der Waals surface area contributed by atoms with Crippen LogP contribution >= 0.6 is 0 Å². The first-order valence-electron chi connectivity index (χ1n) is 11.2. The van der Waals surface area contributed by atoms with E-state index in [1.807, 2.05) is 0 Å². The van der Waals surface area contributed by atoms with Gasteiger partial charge in [-0.2, -0.15) is 18.2 Å². The predicted molar refractivity (Wildman–Crippen MR) is 120 cm³/mol. The molecule has 1 fully saturated rings. The Balaban J connectivity index is 1.73. The molecule has 2 atom stereocenters. The van der Waals surface area contributed by atoms with Gasteiger partial charge in [-0.1, -0.05) is 24.3 Å². The SMILES string of the molecule is CN(C)C(=O)N1CCC(c2nc(OCc3ccc(F)cc3)n(C(=O)c3ccccc3F)n2)C1C(F)(F)F. The van der Waals surface area contributed by atoms with Crippen molar-refractivity contribution in [2.24, 2.45) is 0 Å². The predicted octanol–water partition coefficient (Wildman–Crippen LogP) is 4.23. The Morgan fingerprint density at radius 2 is 1.76 bits per heavy atom. The van der Waals surface area contributed by atoms with E-state index in [1.165, 1.54) is 56.6 Å². The minimum Gasteiger partial charge on any atom is -0.458 e. The summed E-state index contributed by atoms with van der Waals surface area (Å²) in [6.45, 7) is -0.436. The Bertz CT molecular complexity index is 1290. The number of rotatable bonds is 5. The van der Waals surface area contributed by atoms with Crippen molar-refractivity contribution >= 4 is 11.9 Å². The molecule has 1 aliphatic rings. The number of ether oxygens (including phenoxy) is 1. The van der Waals surface area contributed by atoms with Crippen LogP contribution in [-0.2, 0) is 6.61 Å². The molecule has 2 heterocycles. The van der Waals surface area contributed by atoms with E-state index in [1.54, 1.807) is 0 Å². The zero-order chi connectivity index (χ0) is 26.9. The number of aromatic nitrogens is 3. The molecule has 0 radical (unpaired) electrons. The summed E-state index contributed by atoms with van der Waals surface area (Å²) in [5.41, 5.74) is 0.0846. The highest BCUT2D eigenvalue weighted by atomic mass is 19.4. The molecule has 0 N–H and O–H groups in total. The first kappa shape index (κ1) is 26.0. The molecule has 2 amide bonds. The molecular formula is C24H22F5N5O3. The van der Waals surface area contributed by atoms with E-state index in [2.05, 4.69) is 10.1 Å². The van der Waals surface area contributed by atoms with E-state index in [-0.39, 0.29) is 25.4 Å². The van der Waals surface area contributed by atoms with Gasteiger partial charge in [0.05, 0.1) is 11.5 Å². The number of halogens is 5. The fourth-order valence-corrected chi connectivity index (χ4v) is 4.11. The zero-order valence-corrected chi connectivity index (χ0v) is 19.7. The van der Waals surface area contributed by atoms with Crippen molar-refractivity contribution in [1.29, 1.82) is 0 Å². The molecule has 4 rings (SSSR count). The lowest BCUT2D eigenvalue weighted by Crippen LogP contribution is -2.50. The number of carbonyl (C=O) groups is 2. The largest absolute Gasteiger partial charge is 0.458 e. The van der Waals surface area contributed by atoms with Crippen LogP contribution in [0.15, 0.2) is 48.5 Å². The maximum absolute atomic E-state index is 14.3. The fourth-order valence-electron chi connectivity index (χ4n) is 4.11. The van der Waals surface area contributed by atoms with Gasteiger partial charge >= 0.3 is 18.2 Å². The number of carbonyl (C=O) groups excluding carboxylic acids is 2. The second kappa shape index (κ2) is 10.1. The van der Waals surface area contributed by atoms with Crippen LogP contribution in [0.3, 0.4) is 0 Å². The van der Waals surface area contributed by atoms with E-state index in [0.717, 1.165) is 11.0 Å². The average Bonchev–Trinajstić information content (AvgIpc) is 3.48. The standard InChI is InChI=1S/C24H22F5N5O3/c1-32(2)23(36)33-12-11-17(19(33)24(27,28)29)20-30-22(37-13-14-7-9-15(25)10-8-14)34(31-20)21(35)16-5-3-4-6-18(16)26/h3-10,17,19H,11-13H2,1-2H3. The minimum absolute atomic E-state index is 0.126. The third-order valence-electron chi connectivity index (χ3n) is 5.86. The van der Waals surface area contributed by atoms with Crippen molar-refractivity contribution in [2.45, 2.75) is 31.2 Å². The molecule has 0 aliphatic carbocycles. The summed E-state index contributed by atoms with van der Waals surface area (Å²) in [6.07, 6.45) is -4.94. The molecule has 0 saturated carbocycles. The Hall–Kier alpha value is -4.03. The molecule has 8 nitrogen and oxygen atoms in total. The van der Waals surface area contributed by atoms with Gasteiger partial charge in [-0.05, 0) is 36.2 Å². The molecule has 1 aromatic heterocycles. The van der Waals surface area contributed by atoms with Gasteiger partial charge in [0.2, 0.25) is 0 Å². The van der Waals surface area contributed by atoms with Crippen molar-refractivity contribution < 1.29 is 36.3 Å². The lowest BCUT2D eigenvalue weighted by atomic mass is 9.99. The second-order valence-corrected chi connectivity index (χ2v) is 8.62. The maximum atomic E-state index is 14.3. The molecule has 37 heavy (non-hydrogen) atoms. The summed E-state index contributed by atoms with van der Waals surface area (Å²) < 4.78 is 76.0. The highest BCUT2D eigenvalue weighted by Gasteiger charge is 2.55. The molecule has 0 bridgehead atoms. The number of hydrogen-bond donors (Lipinski definition) is 0. The van der Waals surface area contributed by atoms with Gasteiger partial charge in [0, 0.05) is 20.6 Å². The highest BCUT2D eigenvalue weighted by molar-refractivity contribution is 5.96. The summed E-state index contributed by atoms with van der Waals surface area (Å²) in [6, 6.07) is 6.66. The van der Waals surface area contributed by atoms with Gasteiger partial charge in [-0.15, -0.1) is 9.78 Å². The van der Waals surface area contributed by atoms with E-state index < -0.39 is 53.3 Å². The first-order valence-corrected chi connectivity index (χ1v) is 11.2. The molecule has 1 saturated heterocycles. The number of benzene rings is 2. The number of alkyl halides is 3. The van der Waals surface area contributed by atoms with Crippen molar-refractivity contribution in [3.05, 3.63) is 77.1 Å². The van der Waals surface area contributed by atoms with Crippen LogP contribution < -0.4 is 4.74 Å². The molecule has 3 aromatic rings. The molecule has 2 aromatic carbocycles. The minimum atomic E-state index is -4.82. The van der Waals surface area contributed by atoms with Crippen LogP contribution in [-0.4, -0.2) is 69.4 Å². The summed E-state index contributed by atoms with van der Waals surface area (Å²) in [4.78, 5) is 31.3. The average molecular weight is 523 g/mol. The first-order chi connectivity index (χ1) is 17.5. The maximum Gasteiger partial charge on any atom is 0.409 e. The number of nitrogens with zero attached hydrogens (tertiary/aromatic N) is 5. The number of amides is 2. The van der Waals surface area contributed by atoms with Gasteiger partial charge in [0.25, 0.3) is 5.91 Å².